The SMILES string of the molecule is CC(C)CN1C(=O)/C(=C\c2cn(-c3ccccc3)nc2-c2ccc(Cl)cc2)SC1=S. The average Bonchev–Trinajstić information content (AvgIpc) is 3.26. The lowest BCUT2D eigenvalue weighted by Crippen LogP contribution is -2.31. The minimum absolute atomic E-state index is 0.0479. The van der Waals surface area contributed by atoms with Crippen molar-refractivity contribution in [2.45, 2.75) is 13.8 Å². The van der Waals surface area contributed by atoms with E-state index in [-0.39, 0.29) is 5.91 Å². The molecular weight excluding hydrogens is 434 g/mol. The van der Waals surface area contributed by atoms with Crippen LogP contribution in [0.5, 0.6) is 0 Å². The maximum atomic E-state index is 12.9. The van der Waals surface area contributed by atoms with Gasteiger partial charge in [0.1, 0.15) is 4.32 Å². The molecule has 1 aliphatic rings. The zero-order valence-corrected chi connectivity index (χ0v) is 19.0. The van der Waals surface area contributed by atoms with E-state index < -0.39 is 0 Å². The number of carbonyl (C=O) groups is 1. The highest BCUT2D eigenvalue weighted by atomic mass is 35.5. The maximum absolute atomic E-state index is 12.9. The molecule has 2 aromatic carbocycles. The number of nitrogens with zero attached hydrogens (tertiary/aromatic N) is 3. The first-order valence-electron chi connectivity index (χ1n) is 9.59. The lowest BCUT2D eigenvalue weighted by Gasteiger charge is -2.16. The Labute approximate surface area is 190 Å². The molecule has 0 radical (unpaired) electrons. The summed E-state index contributed by atoms with van der Waals surface area (Å²) >= 11 is 12.8. The number of amides is 1. The van der Waals surface area contributed by atoms with Crippen LogP contribution >= 0.6 is 35.6 Å². The molecule has 3 aromatic rings. The van der Waals surface area contributed by atoms with Gasteiger partial charge in [-0.15, -0.1) is 0 Å². The first-order valence-corrected chi connectivity index (χ1v) is 11.2. The van der Waals surface area contributed by atoms with Crippen LogP contribution < -0.4 is 0 Å². The van der Waals surface area contributed by atoms with E-state index in [4.69, 9.17) is 28.9 Å². The van der Waals surface area contributed by atoms with Gasteiger partial charge in [-0.3, -0.25) is 9.69 Å². The largest absolute Gasteiger partial charge is 0.293 e. The highest BCUT2D eigenvalue weighted by Crippen LogP contribution is 2.35. The third-order valence-electron chi connectivity index (χ3n) is 4.59. The molecule has 1 aromatic heterocycles. The average molecular weight is 454 g/mol. The first kappa shape index (κ1) is 20.8. The minimum Gasteiger partial charge on any atom is -0.293 e. The number of carbonyl (C=O) groups excluding carboxylic acids is 1. The van der Waals surface area contributed by atoms with E-state index in [2.05, 4.69) is 13.8 Å². The van der Waals surface area contributed by atoms with Crippen molar-refractivity contribution >= 4 is 51.9 Å². The van der Waals surface area contributed by atoms with Crippen molar-refractivity contribution in [3.63, 3.8) is 0 Å². The highest BCUT2D eigenvalue weighted by molar-refractivity contribution is 8.26. The Morgan fingerprint density at radius 1 is 1.13 bits per heavy atom. The maximum Gasteiger partial charge on any atom is 0.266 e. The van der Waals surface area contributed by atoms with Crippen LogP contribution in [0, 0.1) is 5.92 Å². The van der Waals surface area contributed by atoms with Crippen molar-refractivity contribution in [1.29, 1.82) is 0 Å². The Morgan fingerprint density at radius 2 is 1.83 bits per heavy atom. The molecule has 7 heteroatoms. The van der Waals surface area contributed by atoms with Gasteiger partial charge in [-0.2, -0.15) is 5.10 Å². The molecule has 4 rings (SSSR count). The van der Waals surface area contributed by atoms with Crippen molar-refractivity contribution in [2.24, 2.45) is 5.92 Å². The van der Waals surface area contributed by atoms with Crippen molar-refractivity contribution < 1.29 is 4.79 Å². The monoisotopic (exact) mass is 453 g/mol. The Kier molecular flexibility index (Phi) is 6.09. The van der Waals surface area contributed by atoms with Crippen LogP contribution in [0.15, 0.2) is 65.7 Å². The number of rotatable bonds is 5. The highest BCUT2D eigenvalue weighted by Gasteiger charge is 2.32. The lowest BCUT2D eigenvalue weighted by molar-refractivity contribution is -0.122. The number of benzene rings is 2. The summed E-state index contributed by atoms with van der Waals surface area (Å²) in [6, 6.07) is 17.4. The summed E-state index contributed by atoms with van der Waals surface area (Å²) in [5.74, 6) is 0.297. The predicted octanol–water partition coefficient (Wildman–Crippen LogP) is 6.05. The summed E-state index contributed by atoms with van der Waals surface area (Å²) in [6.07, 6.45) is 3.82. The fourth-order valence-electron chi connectivity index (χ4n) is 3.20. The topological polar surface area (TPSA) is 38.1 Å². The summed E-state index contributed by atoms with van der Waals surface area (Å²) in [4.78, 5) is 15.2. The lowest BCUT2D eigenvalue weighted by atomic mass is 10.1. The van der Waals surface area contributed by atoms with Crippen molar-refractivity contribution in [1.82, 2.24) is 14.7 Å². The summed E-state index contributed by atoms with van der Waals surface area (Å²) in [5, 5.41) is 5.46. The van der Waals surface area contributed by atoms with Crippen LogP contribution in [-0.2, 0) is 4.79 Å². The van der Waals surface area contributed by atoms with Gasteiger partial charge in [-0.05, 0) is 36.3 Å². The number of hydrogen-bond donors (Lipinski definition) is 0. The fraction of sp³-hybridized carbons (Fsp3) is 0.174. The Hall–Kier alpha value is -2.41. The number of para-hydroxylation sites is 1. The zero-order chi connectivity index (χ0) is 21.3. The fourth-order valence-corrected chi connectivity index (χ4v) is 4.59. The molecule has 0 spiro atoms. The van der Waals surface area contributed by atoms with Gasteiger partial charge in [-0.25, -0.2) is 4.68 Å². The number of hydrogen-bond acceptors (Lipinski definition) is 4. The number of aromatic nitrogens is 2. The molecule has 152 valence electrons. The van der Waals surface area contributed by atoms with E-state index in [0.717, 1.165) is 22.5 Å². The summed E-state index contributed by atoms with van der Waals surface area (Å²) in [6.45, 7) is 4.77. The first-order chi connectivity index (χ1) is 14.4. The van der Waals surface area contributed by atoms with E-state index in [1.165, 1.54) is 11.8 Å². The van der Waals surface area contributed by atoms with E-state index in [0.29, 0.717) is 26.7 Å². The van der Waals surface area contributed by atoms with Crippen molar-refractivity contribution in [2.75, 3.05) is 6.54 Å². The molecule has 1 fully saturated rings. The summed E-state index contributed by atoms with van der Waals surface area (Å²) < 4.78 is 2.42. The summed E-state index contributed by atoms with van der Waals surface area (Å²) in [7, 11) is 0. The Bertz CT molecular complexity index is 1120. The molecule has 1 amide bonds. The molecule has 4 nitrogen and oxygen atoms in total. The molecule has 0 saturated carbocycles. The summed E-state index contributed by atoms with van der Waals surface area (Å²) in [5.41, 5.74) is 3.51. The normalized spacial score (nSPS) is 15.6. The van der Waals surface area contributed by atoms with Gasteiger partial charge >= 0.3 is 0 Å². The second-order valence-corrected chi connectivity index (χ2v) is 9.52. The number of thioether (sulfide) groups is 1. The van der Waals surface area contributed by atoms with Gasteiger partial charge in [-0.1, -0.05) is 79.8 Å². The molecule has 1 saturated heterocycles. The van der Waals surface area contributed by atoms with Gasteiger partial charge in [0, 0.05) is 28.9 Å². The van der Waals surface area contributed by atoms with Crippen LogP contribution in [0.1, 0.15) is 19.4 Å². The quantitative estimate of drug-likeness (QED) is 0.348. The van der Waals surface area contributed by atoms with Crippen LogP contribution in [0.3, 0.4) is 0 Å². The van der Waals surface area contributed by atoms with Crippen LogP contribution in [0.25, 0.3) is 23.0 Å². The molecule has 0 bridgehead atoms. The van der Waals surface area contributed by atoms with Crippen LogP contribution in [0.4, 0.5) is 0 Å². The van der Waals surface area contributed by atoms with Gasteiger partial charge in [0.05, 0.1) is 16.3 Å². The molecule has 1 aliphatic heterocycles. The zero-order valence-electron chi connectivity index (χ0n) is 16.6. The smallest absolute Gasteiger partial charge is 0.266 e. The second-order valence-electron chi connectivity index (χ2n) is 7.41. The molecular formula is C23H20ClN3OS2. The van der Waals surface area contributed by atoms with E-state index >= 15 is 0 Å². The molecule has 0 unspecified atom stereocenters. The third-order valence-corrected chi connectivity index (χ3v) is 6.22. The molecule has 0 atom stereocenters. The van der Waals surface area contributed by atoms with Gasteiger partial charge in [0.25, 0.3) is 5.91 Å². The Morgan fingerprint density at radius 3 is 2.50 bits per heavy atom. The molecule has 0 aliphatic carbocycles. The molecule has 0 N–H and O–H groups in total. The molecule has 2 heterocycles. The Balaban J connectivity index is 1.78. The molecule has 30 heavy (non-hydrogen) atoms. The standard InChI is InChI=1S/C23H20ClN3OS2/c1-15(2)13-26-22(28)20(30-23(26)29)12-17-14-27(19-6-4-3-5-7-19)25-21(17)16-8-10-18(24)11-9-16/h3-12,14-15H,13H2,1-2H3/b20-12+. The number of thiocarbonyl (C=S) groups is 1. The van der Waals surface area contributed by atoms with Crippen molar-refractivity contribution in [3.05, 3.63) is 76.3 Å². The van der Waals surface area contributed by atoms with E-state index in [9.17, 15) is 4.79 Å². The minimum atomic E-state index is -0.0479. The van der Waals surface area contributed by atoms with Crippen molar-refractivity contribution in [3.8, 4) is 16.9 Å². The van der Waals surface area contributed by atoms with Gasteiger partial charge < -0.3 is 0 Å². The number of halogens is 1. The van der Waals surface area contributed by atoms with Gasteiger partial charge in [0.15, 0.2) is 0 Å². The second kappa shape index (κ2) is 8.76. The van der Waals surface area contributed by atoms with Crippen LogP contribution in [0.2, 0.25) is 5.02 Å². The van der Waals surface area contributed by atoms with Crippen LogP contribution in [-0.4, -0.2) is 31.5 Å². The third kappa shape index (κ3) is 4.36. The van der Waals surface area contributed by atoms with E-state index in [1.54, 1.807) is 4.90 Å². The predicted molar refractivity (Wildman–Crippen MR) is 129 cm³/mol. The van der Waals surface area contributed by atoms with E-state index in [1.807, 2.05) is 71.6 Å². The van der Waals surface area contributed by atoms with Gasteiger partial charge in [0.2, 0.25) is 0 Å².